The van der Waals surface area contributed by atoms with Crippen molar-refractivity contribution in [1.82, 2.24) is 0 Å². The summed E-state index contributed by atoms with van der Waals surface area (Å²) in [5.41, 5.74) is 2.55. The van der Waals surface area contributed by atoms with Gasteiger partial charge < -0.3 is 10.1 Å². The molecule has 0 aromatic heterocycles. The lowest BCUT2D eigenvalue weighted by molar-refractivity contribution is -0.385. The minimum absolute atomic E-state index is 0.0235. The van der Waals surface area contributed by atoms with Gasteiger partial charge in [0.2, 0.25) is 0 Å². The van der Waals surface area contributed by atoms with Crippen LogP contribution in [0.4, 0.5) is 17.1 Å². The van der Waals surface area contributed by atoms with Crippen LogP contribution < -0.4 is 14.8 Å². The molecule has 1 amide bonds. The van der Waals surface area contributed by atoms with E-state index in [1.165, 1.54) is 36.4 Å². The molecule has 9 nitrogen and oxygen atoms in total. The summed E-state index contributed by atoms with van der Waals surface area (Å²) in [7, 11) is -3.82. The van der Waals surface area contributed by atoms with E-state index in [2.05, 4.69) is 10.0 Å². The number of sulfonamides is 1. The molecule has 0 radical (unpaired) electrons. The summed E-state index contributed by atoms with van der Waals surface area (Å²) >= 11 is 0. The number of anilines is 2. The van der Waals surface area contributed by atoms with Gasteiger partial charge in [0.15, 0.2) is 5.75 Å². The highest BCUT2D eigenvalue weighted by Crippen LogP contribution is 2.28. The third kappa shape index (κ3) is 5.66. The molecule has 0 saturated carbocycles. The number of aryl methyl sites for hydroxylation is 2. The Kier molecular flexibility index (Phi) is 6.98. The highest BCUT2D eigenvalue weighted by Gasteiger charge is 2.19. The molecule has 0 atom stereocenters. The molecule has 3 aromatic carbocycles. The number of nitrogens with one attached hydrogen (secondary N) is 2. The molecule has 3 aromatic rings. The number of nitrogens with zero attached hydrogens (tertiary/aromatic N) is 1. The third-order valence-electron chi connectivity index (χ3n) is 4.90. The molecule has 0 heterocycles. The predicted octanol–water partition coefficient (Wildman–Crippen LogP) is 4.66. The second kappa shape index (κ2) is 9.70. The van der Waals surface area contributed by atoms with Crippen LogP contribution in [0.2, 0.25) is 0 Å². The van der Waals surface area contributed by atoms with Crippen LogP contribution >= 0.6 is 0 Å². The Morgan fingerprint density at radius 1 is 0.970 bits per heavy atom. The molecule has 0 spiro atoms. The Morgan fingerprint density at radius 2 is 1.64 bits per heavy atom. The van der Waals surface area contributed by atoms with Crippen molar-refractivity contribution in [2.45, 2.75) is 25.7 Å². The van der Waals surface area contributed by atoms with E-state index in [9.17, 15) is 23.3 Å². The standard InChI is InChI=1S/C23H23N3O6S/c1-4-32-22-12-6-17(14-21(22)26(28)29)23(27)24-18-8-10-20(11-9-18)33(30,31)25-19-7-5-15(2)16(3)13-19/h5-14,25H,4H2,1-3H3,(H,24,27). The van der Waals surface area contributed by atoms with Gasteiger partial charge in [-0.15, -0.1) is 0 Å². The first kappa shape index (κ1) is 23.7. The topological polar surface area (TPSA) is 128 Å². The number of nitro groups is 1. The fourth-order valence-corrected chi connectivity index (χ4v) is 4.07. The molecule has 10 heteroatoms. The molecule has 172 valence electrons. The molecule has 0 fully saturated rings. The fourth-order valence-electron chi connectivity index (χ4n) is 3.02. The maximum atomic E-state index is 12.7. The van der Waals surface area contributed by atoms with Gasteiger partial charge in [0, 0.05) is 23.0 Å². The van der Waals surface area contributed by atoms with E-state index >= 15 is 0 Å². The van der Waals surface area contributed by atoms with Crippen molar-refractivity contribution in [3.63, 3.8) is 0 Å². The number of rotatable bonds is 8. The van der Waals surface area contributed by atoms with E-state index in [1.54, 1.807) is 19.1 Å². The van der Waals surface area contributed by atoms with Crippen molar-refractivity contribution in [2.75, 3.05) is 16.6 Å². The van der Waals surface area contributed by atoms with Crippen LogP contribution in [-0.2, 0) is 10.0 Å². The molecule has 0 bridgehead atoms. The third-order valence-corrected chi connectivity index (χ3v) is 6.30. The quantitative estimate of drug-likeness (QED) is 0.365. The van der Waals surface area contributed by atoms with Gasteiger partial charge in [0.05, 0.1) is 16.4 Å². The smallest absolute Gasteiger partial charge is 0.311 e. The summed E-state index contributed by atoms with van der Waals surface area (Å²) < 4.78 is 33.1. The van der Waals surface area contributed by atoms with Crippen LogP contribution in [0.15, 0.2) is 65.6 Å². The van der Waals surface area contributed by atoms with E-state index < -0.39 is 20.9 Å². The van der Waals surface area contributed by atoms with Crippen molar-refractivity contribution in [1.29, 1.82) is 0 Å². The van der Waals surface area contributed by atoms with Gasteiger partial charge in [-0.3, -0.25) is 19.6 Å². The van der Waals surface area contributed by atoms with Crippen molar-refractivity contribution in [2.24, 2.45) is 0 Å². The van der Waals surface area contributed by atoms with Gasteiger partial charge in [0.1, 0.15) is 0 Å². The summed E-state index contributed by atoms with van der Waals surface area (Å²) in [5.74, 6) is -0.505. The lowest BCUT2D eigenvalue weighted by atomic mass is 10.1. The number of carbonyl (C=O) groups is 1. The number of ether oxygens (including phenoxy) is 1. The molecule has 33 heavy (non-hydrogen) atoms. The Morgan fingerprint density at radius 3 is 2.24 bits per heavy atom. The Bertz CT molecular complexity index is 1300. The molecule has 3 rings (SSSR count). The summed E-state index contributed by atoms with van der Waals surface area (Å²) in [6.45, 7) is 5.78. The fraction of sp³-hybridized carbons (Fsp3) is 0.174. The summed E-state index contributed by atoms with van der Waals surface area (Å²) in [5, 5.41) is 13.9. The van der Waals surface area contributed by atoms with Crippen LogP contribution in [0, 0.1) is 24.0 Å². The Balaban J connectivity index is 1.75. The van der Waals surface area contributed by atoms with Crippen LogP contribution in [0.5, 0.6) is 5.75 Å². The predicted molar refractivity (Wildman–Crippen MR) is 125 cm³/mol. The summed E-state index contributed by atoms with van der Waals surface area (Å²) in [6, 6.07) is 14.8. The van der Waals surface area contributed by atoms with Gasteiger partial charge in [-0.25, -0.2) is 8.42 Å². The second-order valence-corrected chi connectivity index (χ2v) is 8.94. The highest BCUT2D eigenvalue weighted by atomic mass is 32.2. The average Bonchev–Trinajstić information content (AvgIpc) is 2.77. The zero-order valence-corrected chi connectivity index (χ0v) is 19.1. The van der Waals surface area contributed by atoms with Crippen molar-refractivity contribution in [3.05, 3.63) is 87.5 Å². The first-order valence-corrected chi connectivity index (χ1v) is 11.5. The number of amides is 1. The number of carbonyl (C=O) groups excluding carboxylic acids is 1. The SMILES string of the molecule is CCOc1ccc(C(=O)Nc2ccc(S(=O)(=O)Nc3ccc(C)c(C)c3)cc2)cc1[N+](=O)[O-]. The average molecular weight is 470 g/mol. The lowest BCUT2D eigenvalue weighted by Gasteiger charge is -2.11. The largest absolute Gasteiger partial charge is 0.487 e. The van der Waals surface area contributed by atoms with E-state index in [0.29, 0.717) is 11.4 Å². The Hall–Kier alpha value is -3.92. The number of benzene rings is 3. The molecule has 0 aliphatic rings. The minimum atomic E-state index is -3.82. The highest BCUT2D eigenvalue weighted by molar-refractivity contribution is 7.92. The zero-order chi connectivity index (χ0) is 24.2. The van der Waals surface area contributed by atoms with Gasteiger partial charge in [-0.2, -0.15) is 0 Å². The molecule has 0 unspecified atom stereocenters. The molecule has 2 N–H and O–H groups in total. The Labute approximate surface area is 191 Å². The molecular formula is C23H23N3O6S. The normalized spacial score (nSPS) is 11.0. The first-order valence-electron chi connectivity index (χ1n) is 10.0. The van der Waals surface area contributed by atoms with Crippen molar-refractivity contribution < 1.29 is 22.9 Å². The van der Waals surface area contributed by atoms with Gasteiger partial charge >= 0.3 is 5.69 Å². The van der Waals surface area contributed by atoms with E-state index in [4.69, 9.17) is 4.74 Å². The van der Waals surface area contributed by atoms with Gasteiger partial charge in [0.25, 0.3) is 15.9 Å². The number of hydrogen-bond donors (Lipinski definition) is 2. The van der Waals surface area contributed by atoms with Crippen LogP contribution in [-0.4, -0.2) is 25.9 Å². The van der Waals surface area contributed by atoms with Gasteiger partial charge in [-0.1, -0.05) is 6.07 Å². The monoisotopic (exact) mass is 469 g/mol. The lowest BCUT2D eigenvalue weighted by Crippen LogP contribution is -2.14. The van der Waals surface area contributed by atoms with Crippen molar-refractivity contribution >= 4 is 33.0 Å². The van der Waals surface area contributed by atoms with Crippen molar-refractivity contribution in [3.8, 4) is 5.75 Å². The van der Waals surface area contributed by atoms with E-state index in [0.717, 1.165) is 17.2 Å². The summed E-state index contributed by atoms with van der Waals surface area (Å²) in [6.07, 6.45) is 0. The first-order chi connectivity index (χ1) is 15.6. The van der Waals surface area contributed by atoms with E-state index in [1.807, 2.05) is 19.9 Å². The minimum Gasteiger partial charge on any atom is -0.487 e. The zero-order valence-electron chi connectivity index (χ0n) is 18.3. The molecule has 0 aliphatic carbocycles. The van der Waals surface area contributed by atoms with Gasteiger partial charge in [-0.05, 0) is 80.4 Å². The molecular weight excluding hydrogens is 446 g/mol. The number of nitro benzene ring substituents is 1. The summed E-state index contributed by atoms with van der Waals surface area (Å²) in [4.78, 5) is 23.2. The second-order valence-electron chi connectivity index (χ2n) is 7.26. The maximum Gasteiger partial charge on any atom is 0.311 e. The van der Waals surface area contributed by atoms with Crippen LogP contribution in [0.3, 0.4) is 0 Å². The molecule has 0 saturated heterocycles. The van der Waals surface area contributed by atoms with E-state index in [-0.39, 0.29) is 28.5 Å². The number of hydrogen-bond acceptors (Lipinski definition) is 6. The van der Waals surface area contributed by atoms with Crippen LogP contribution in [0.1, 0.15) is 28.4 Å². The molecule has 0 aliphatic heterocycles. The maximum absolute atomic E-state index is 12.7. The van der Waals surface area contributed by atoms with Crippen LogP contribution in [0.25, 0.3) is 0 Å².